The molecule has 0 rings (SSSR count). The molecule has 100 valence electrons. The van der Waals surface area contributed by atoms with Gasteiger partial charge in [-0.3, -0.25) is 0 Å². The monoisotopic (exact) mass is 256 g/mol. The van der Waals surface area contributed by atoms with Crippen LogP contribution in [0.2, 0.25) is 13.1 Å². The fourth-order valence-electron chi connectivity index (χ4n) is 1.41. The first-order valence-corrected chi connectivity index (χ1v) is 9.44. The highest BCUT2D eigenvalue weighted by molar-refractivity contribution is 6.64. The van der Waals surface area contributed by atoms with Gasteiger partial charge in [0.2, 0.25) is 0 Å². The molecule has 0 spiro atoms. The van der Waals surface area contributed by atoms with E-state index in [1.54, 1.807) is 0 Å². The molecule has 17 heavy (non-hydrogen) atoms. The fraction of sp³-hybridized carbons (Fsp3) is 0.714. The molecule has 0 saturated heterocycles. The number of hydrogen-bond donors (Lipinski definition) is 0. The zero-order chi connectivity index (χ0) is 13.0. The highest BCUT2D eigenvalue weighted by Crippen LogP contribution is 2.09. The lowest BCUT2D eigenvalue weighted by Crippen LogP contribution is -2.35. The number of unbranched alkanes of at least 4 members (excludes halogenated alkanes) is 2. The van der Waals surface area contributed by atoms with E-state index in [0.717, 1.165) is 38.9 Å². The Balaban J connectivity index is 3.50. The Morgan fingerprint density at radius 1 is 0.824 bits per heavy atom. The molecule has 0 bridgehead atoms. The Bertz CT molecular complexity index is 200. The average Bonchev–Trinajstić information content (AvgIpc) is 2.28. The first-order valence-electron chi connectivity index (χ1n) is 6.62. The molecule has 0 N–H and O–H groups in total. The van der Waals surface area contributed by atoms with E-state index >= 15 is 0 Å². The molecule has 0 aliphatic carbocycles. The molecule has 0 radical (unpaired) electrons. The summed E-state index contributed by atoms with van der Waals surface area (Å²) in [7, 11) is -1.87. The zero-order valence-electron chi connectivity index (χ0n) is 11.9. The summed E-state index contributed by atoms with van der Waals surface area (Å²) in [5.41, 5.74) is 0. The van der Waals surface area contributed by atoms with Crippen molar-refractivity contribution in [2.24, 2.45) is 0 Å². The van der Waals surface area contributed by atoms with Gasteiger partial charge in [-0.25, -0.2) is 0 Å². The van der Waals surface area contributed by atoms with Crippen LogP contribution in [0, 0.1) is 0 Å². The summed E-state index contributed by atoms with van der Waals surface area (Å²) in [6.45, 7) is 9.98. The second-order valence-electron chi connectivity index (χ2n) is 4.52. The van der Waals surface area contributed by atoms with Crippen molar-refractivity contribution in [2.45, 2.75) is 52.6 Å². The van der Waals surface area contributed by atoms with Gasteiger partial charge in [0.15, 0.2) is 0 Å². The maximum Gasteiger partial charge on any atom is 0.331 e. The highest BCUT2D eigenvalue weighted by Gasteiger charge is 2.23. The Kier molecular flexibility index (Phi) is 10.5. The summed E-state index contributed by atoms with van der Waals surface area (Å²) in [6, 6.07) is 0. The van der Waals surface area contributed by atoms with Crippen molar-refractivity contribution in [3.63, 3.8) is 0 Å². The standard InChI is InChI=1S/C14H28O2Si/c1-5-7-9-11-13-15-17(3,4)16-14-12-10-8-6-2/h5-8H,9-14H2,1-4H3/b7-5+,8-6+. The topological polar surface area (TPSA) is 18.5 Å². The van der Waals surface area contributed by atoms with Gasteiger partial charge in [0, 0.05) is 13.2 Å². The Hall–Kier alpha value is -0.383. The van der Waals surface area contributed by atoms with Crippen molar-refractivity contribution >= 4 is 8.56 Å². The van der Waals surface area contributed by atoms with E-state index in [-0.39, 0.29) is 0 Å². The van der Waals surface area contributed by atoms with Crippen LogP contribution in [0.4, 0.5) is 0 Å². The van der Waals surface area contributed by atoms with Crippen LogP contribution in [-0.2, 0) is 8.85 Å². The van der Waals surface area contributed by atoms with Gasteiger partial charge in [0.25, 0.3) is 0 Å². The predicted molar refractivity (Wildman–Crippen MR) is 77.5 cm³/mol. The van der Waals surface area contributed by atoms with E-state index in [1.807, 2.05) is 13.8 Å². The van der Waals surface area contributed by atoms with Gasteiger partial charge in [-0.15, -0.1) is 0 Å². The van der Waals surface area contributed by atoms with Crippen LogP contribution in [0.25, 0.3) is 0 Å². The van der Waals surface area contributed by atoms with Crippen molar-refractivity contribution < 1.29 is 8.85 Å². The second-order valence-corrected chi connectivity index (χ2v) is 7.90. The van der Waals surface area contributed by atoms with Crippen LogP contribution in [-0.4, -0.2) is 21.8 Å². The van der Waals surface area contributed by atoms with E-state index in [2.05, 4.69) is 37.4 Å². The molecule has 0 amide bonds. The summed E-state index contributed by atoms with van der Waals surface area (Å²) < 4.78 is 11.7. The highest BCUT2D eigenvalue weighted by atomic mass is 28.4. The van der Waals surface area contributed by atoms with Gasteiger partial charge >= 0.3 is 8.56 Å². The largest absolute Gasteiger partial charge is 0.394 e. The first kappa shape index (κ1) is 16.6. The van der Waals surface area contributed by atoms with Crippen molar-refractivity contribution in [1.29, 1.82) is 0 Å². The van der Waals surface area contributed by atoms with Gasteiger partial charge in [-0.1, -0.05) is 24.3 Å². The van der Waals surface area contributed by atoms with Crippen LogP contribution in [0.5, 0.6) is 0 Å². The zero-order valence-corrected chi connectivity index (χ0v) is 12.9. The molecule has 0 aromatic heterocycles. The number of allylic oxidation sites excluding steroid dienone is 4. The van der Waals surface area contributed by atoms with E-state index < -0.39 is 8.56 Å². The molecule has 0 atom stereocenters. The first-order chi connectivity index (χ1) is 8.12. The van der Waals surface area contributed by atoms with Crippen molar-refractivity contribution in [2.75, 3.05) is 13.2 Å². The average molecular weight is 256 g/mol. The van der Waals surface area contributed by atoms with E-state index in [4.69, 9.17) is 8.85 Å². The minimum atomic E-state index is -1.87. The Labute approximate surface area is 108 Å². The second kappa shape index (κ2) is 10.8. The van der Waals surface area contributed by atoms with E-state index in [1.165, 1.54) is 0 Å². The Morgan fingerprint density at radius 2 is 1.24 bits per heavy atom. The van der Waals surface area contributed by atoms with E-state index in [9.17, 15) is 0 Å². The van der Waals surface area contributed by atoms with Crippen molar-refractivity contribution in [3.05, 3.63) is 24.3 Å². The lowest BCUT2D eigenvalue weighted by atomic mass is 10.3. The molecule has 3 heteroatoms. The molecule has 0 unspecified atom stereocenters. The van der Waals surface area contributed by atoms with Crippen LogP contribution in [0.15, 0.2) is 24.3 Å². The summed E-state index contributed by atoms with van der Waals surface area (Å²) in [4.78, 5) is 0. The molecule has 0 saturated carbocycles. The summed E-state index contributed by atoms with van der Waals surface area (Å²) in [6.07, 6.45) is 12.9. The third-order valence-electron chi connectivity index (χ3n) is 2.40. The molecule has 0 fully saturated rings. The third kappa shape index (κ3) is 11.9. The van der Waals surface area contributed by atoms with Crippen molar-refractivity contribution in [1.82, 2.24) is 0 Å². The van der Waals surface area contributed by atoms with Crippen LogP contribution >= 0.6 is 0 Å². The van der Waals surface area contributed by atoms with Crippen LogP contribution in [0.3, 0.4) is 0 Å². The van der Waals surface area contributed by atoms with E-state index in [0.29, 0.717) is 0 Å². The quantitative estimate of drug-likeness (QED) is 0.327. The molecular weight excluding hydrogens is 228 g/mol. The normalized spacial score (nSPS) is 12.9. The maximum absolute atomic E-state index is 5.85. The molecule has 0 aliphatic heterocycles. The van der Waals surface area contributed by atoms with Gasteiger partial charge in [-0.2, -0.15) is 0 Å². The lowest BCUT2D eigenvalue weighted by molar-refractivity contribution is 0.176. The predicted octanol–water partition coefficient (Wildman–Crippen LogP) is 4.43. The molecule has 2 nitrogen and oxygen atoms in total. The molecule has 0 aromatic carbocycles. The van der Waals surface area contributed by atoms with Gasteiger partial charge in [0.05, 0.1) is 0 Å². The van der Waals surface area contributed by atoms with Gasteiger partial charge in [-0.05, 0) is 52.6 Å². The molecule has 0 aliphatic rings. The summed E-state index contributed by atoms with van der Waals surface area (Å²) in [5.74, 6) is 0. The molecule has 0 aromatic rings. The molecule has 0 heterocycles. The van der Waals surface area contributed by atoms with Gasteiger partial charge in [0.1, 0.15) is 0 Å². The smallest absolute Gasteiger partial charge is 0.331 e. The van der Waals surface area contributed by atoms with Crippen LogP contribution < -0.4 is 0 Å². The minimum Gasteiger partial charge on any atom is -0.394 e. The number of rotatable bonds is 10. The van der Waals surface area contributed by atoms with Crippen molar-refractivity contribution in [3.8, 4) is 0 Å². The SMILES string of the molecule is C/C=C/CCCO[Si](C)(C)OCCC/C=C/C. The molecular formula is C14H28O2Si. The third-order valence-corrected chi connectivity index (χ3v) is 4.20. The summed E-state index contributed by atoms with van der Waals surface area (Å²) >= 11 is 0. The number of hydrogen-bond acceptors (Lipinski definition) is 2. The lowest BCUT2D eigenvalue weighted by Gasteiger charge is -2.22. The van der Waals surface area contributed by atoms with Gasteiger partial charge < -0.3 is 8.85 Å². The Morgan fingerprint density at radius 3 is 1.59 bits per heavy atom. The summed E-state index contributed by atoms with van der Waals surface area (Å²) in [5, 5.41) is 0. The van der Waals surface area contributed by atoms with Crippen LogP contribution in [0.1, 0.15) is 39.5 Å². The maximum atomic E-state index is 5.85. The fourth-order valence-corrected chi connectivity index (χ4v) is 2.77. The minimum absolute atomic E-state index is 0.818.